The Morgan fingerprint density at radius 3 is 2.62 bits per heavy atom. The molecule has 2 rings (SSSR count). The highest BCUT2D eigenvalue weighted by atomic mass is 32.2. The first-order valence-corrected chi connectivity index (χ1v) is 8.45. The maximum absolute atomic E-state index is 12.2. The fourth-order valence-electron chi connectivity index (χ4n) is 2.13. The molecule has 4 N–H and O–H groups in total. The Bertz CT molecular complexity index is 641. The van der Waals surface area contributed by atoms with Crippen molar-refractivity contribution in [2.24, 2.45) is 5.73 Å². The molecular formula is C13H17N3O3S2. The van der Waals surface area contributed by atoms with Crippen LogP contribution >= 0.6 is 12.2 Å². The molecule has 1 saturated heterocycles. The molecule has 1 unspecified atom stereocenters. The number of hydrogen-bond acceptors (Lipinski definition) is 4. The van der Waals surface area contributed by atoms with Crippen LogP contribution in [-0.2, 0) is 21.2 Å². The second kappa shape index (κ2) is 6.50. The number of amides is 1. The molecule has 0 aliphatic carbocycles. The number of piperidine rings is 1. The van der Waals surface area contributed by atoms with E-state index in [1.807, 2.05) is 0 Å². The van der Waals surface area contributed by atoms with Crippen LogP contribution in [0.15, 0.2) is 29.2 Å². The van der Waals surface area contributed by atoms with Gasteiger partial charge in [-0.15, -0.1) is 0 Å². The third-order valence-electron chi connectivity index (χ3n) is 3.19. The third kappa shape index (κ3) is 4.23. The maximum Gasteiger partial charge on any atom is 0.241 e. The van der Waals surface area contributed by atoms with Gasteiger partial charge in [-0.3, -0.25) is 4.79 Å². The molecule has 0 radical (unpaired) electrons. The molecule has 1 aliphatic heterocycles. The van der Waals surface area contributed by atoms with Gasteiger partial charge in [0.2, 0.25) is 15.9 Å². The predicted octanol–water partition coefficient (Wildman–Crippen LogP) is 0.0721. The molecule has 0 saturated carbocycles. The maximum atomic E-state index is 12.2. The Hall–Kier alpha value is -1.51. The summed E-state index contributed by atoms with van der Waals surface area (Å²) in [6.45, 7) is 0.588. The highest BCUT2D eigenvalue weighted by Gasteiger charge is 2.27. The minimum absolute atomic E-state index is 0.118. The number of benzene rings is 1. The Labute approximate surface area is 129 Å². The van der Waals surface area contributed by atoms with Crippen molar-refractivity contribution in [1.29, 1.82) is 0 Å². The molecule has 0 bridgehead atoms. The van der Waals surface area contributed by atoms with Crippen molar-refractivity contribution in [2.75, 3.05) is 6.54 Å². The van der Waals surface area contributed by atoms with Crippen molar-refractivity contribution in [3.05, 3.63) is 29.8 Å². The van der Waals surface area contributed by atoms with Gasteiger partial charge in [-0.05, 0) is 30.5 Å². The minimum atomic E-state index is -3.71. The summed E-state index contributed by atoms with van der Waals surface area (Å²) in [4.78, 5) is 12.1. The average molecular weight is 327 g/mol. The van der Waals surface area contributed by atoms with E-state index in [4.69, 9.17) is 18.0 Å². The lowest BCUT2D eigenvalue weighted by Gasteiger charge is -2.22. The van der Waals surface area contributed by atoms with Crippen LogP contribution < -0.4 is 15.8 Å². The van der Waals surface area contributed by atoms with Gasteiger partial charge in [-0.2, -0.15) is 4.72 Å². The summed E-state index contributed by atoms with van der Waals surface area (Å²) >= 11 is 4.81. The Morgan fingerprint density at radius 2 is 2.05 bits per heavy atom. The molecule has 8 heteroatoms. The van der Waals surface area contributed by atoms with Crippen LogP contribution in [0.3, 0.4) is 0 Å². The fraction of sp³-hybridized carbons (Fsp3) is 0.385. The largest absolute Gasteiger partial charge is 0.393 e. The van der Waals surface area contributed by atoms with Gasteiger partial charge in [0.05, 0.1) is 9.88 Å². The lowest BCUT2D eigenvalue weighted by atomic mass is 10.1. The van der Waals surface area contributed by atoms with E-state index in [0.717, 1.165) is 12.0 Å². The van der Waals surface area contributed by atoms with Crippen LogP contribution in [0.5, 0.6) is 0 Å². The summed E-state index contributed by atoms with van der Waals surface area (Å²) in [5.41, 5.74) is 6.29. The van der Waals surface area contributed by atoms with Crippen molar-refractivity contribution < 1.29 is 13.2 Å². The zero-order chi connectivity index (χ0) is 15.5. The molecule has 0 aromatic heterocycles. The average Bonchev–Trinajstić information content (AvgIpc) is 2.41. The summed E-state index contributed by atoms with van der Waals surface area (Å²) in [7, 11) is -3.71. The molecule has 1 aromatic carbocycles. The number of nitrogens with two attached hydrogens (primary N) is 1. The molecule has 114 valence electrons. The van der Waals surface area contributed by atoms with E-state index >= 15 is 0 Å². The predicted molar refractivity (Wildman–Crippen MR) is 83.3 cm³/mol. The molecule has 0 spiro atoms. The van der Waals surface area contributed by atoms with Crippen LogP contribution in [-0.4, -0.2) is 31.9 Å². The quantitative estimate of drug-likeness (QED) is 0.665. The molecule has 1 atom stereocenters. The second-order valence-electron chi connectivity index (χ2n) is 4.89. The van der Waals surface area contributed by atoms with E-state index in [0.29, 0.717) is 24.4 Å². The zero-order valence-electron chi connectivity index (χ0n) is 11.3. The molecule has 1 aromatic rings. The van der Waals surface area contributed by atoms with Crippen LogP contribution in [0.4, 0.5) is 0 Å². The van der Waals surface area contributed by atoms with Gasteiger partial charge in [-0.1, -0.05) is 24.4 Å². The van der Waals surface area contributed by atoms with E-state index < -0.39 is 16.1 Å². The van der Waals surface area contributed by atoms with Crippen molar-refractivity contribution in [1.82, 2.24) is 10.0 Å². The van der Waals surface area contributed by atoms with E-state index in [1.54, 1.807) is 12.1 Å². The monoisotopic (exact) mass is 327 g/mol. The third-order valence-corrected chi connectivity index (χ3v) is 4.83. The zero-order valence-corrected chi connectivity index (χ0v) is 13.0. The standard InChI is InChI=1S/C13H17N3O3S2/c14-12(20)8-9-3-5-10(6-4-9)21(18,19)16-11-2-1-7-15-13(11)17/h3-6,11,16H,1-2,7-8H2,(H2,14,20)(H,15,17). The number of nitrogens with one attached hydrogen (secondary N) is 2. The number of thiocarbonyl (C=S) groups is 1. The normalized spacial score (nSPS) is 19.0. The van der Waals surface area contributed by atoms with Crippen LogP contribution in [0.2, 0.25) is 0 Å². The lowest BCUT2D eigenvalue weighted by Crippen LogP contribution is -2.50. The van der Waals surface area contributed by atoms with E-state index in [-0.39, 0.29) is 10.8 Å². The molecule has 1 amide bonds. The first-order chi connectivity index (χ1) is 9.88. The van der Waals surface area contributed by atoms with Gasteiger partial charge in [-0.25, -0.2) is 8.42 Å². The summed E-state index contributed by atoms with van der Waals surface area (Å²) in [6, 6.07) is 5.58. The summed E-state index contributed by atoms with van der Waals surface area (Å²) in [5.74, 6) is -0.282. The van der Waals surface area contributed by atoms with Gasteiger partial charge < -0.3 is 11.1 Å². The van der Waals surface area contributed by atoms with Crippen molar-refractivity contribution in [2.45, 2.75) is 30.2 Å². The van der Waals surface area contributed by atoms with Crippen LogP contribution in [0.1, 0.15) is 18.4 Å². The smallest absolute Gasteiger partial charge is 0.241 e. The summed E-state index contributed by atoms with van der Waals surface area (Å²) in [6.07, 6.45) is 1.69. The molecule has 1 aliphatic rings. The fourth-order valence-corrected chi connectivity index (χ4v) is 3.52. The SMILES string of the molecule is NC(=S)Cc1ccc(S(=O)(=O)NC2CCCNC2=O)cc1. The Kier molecular flexibility index (Phi) is 4.92. The molecular weight excluding hydrogens is 310 g/mol. The van der Waals surface area contributed by atoms with Gasteiger partial charge in [0.1, 0.15) is 6.04 Å². The van der Waals surface area contributed by atoms with Crippen molar-refractivity contribution in [3.8, 4) is 0 Å². The lowest BCUT2D eigenvalue weighted by molar-refractivity contribution is -0.124. The topological polar surface area (TPSA) is 101 Å². The molecule has 1 heterocycles. The number of hydrogen-bond donors (Lipinski definition) is 3. The second-order valence-corrected chi connectivity index (χ2v) is 7.13. The van der Waals surface area contributed by atoms with Crippen molar-refractivity contribution >= 4 is 33.1 Å². The molecule has 6 nitrogen and oxygen atoms in total. The van der Waals surface area contributed by atoms with Crippen LogP contribution in [0, 0.1) is 0 Å². The first kappa shape index (κ1) is 15.9. The summed E-state index contributed by atoms with van der Waals surface area (Å²) < 4.78 is 26.9. The number of carbonyl (C=O) groups excluding carboxylic acids is 1. The molecule has 1 fully saturated rings. The van der Waals surface area contributed by atoms with Gasteiger partial charge >= 0.3 is 0 Å². The first-order valence-electron chi connectivity index (χ1n) is 6.56. The van der Waals surface area contributed by atoms with E-state index in [2.05, 4.69) is 10.0 Å². The highest BCUT2D eigenvalue weighted by molar-refractivity contribution is 7.89. The minimum Gasteiger partial charge on any atom is -0.393 e. The van der Waals surface area contributed by atoms with Gasteiger partial charge in [0, 0.05) is 13.0 Å². The Morgan fingerprint density at radius 1 is 1.38 bits per heavy atom. The van der Waals surface area contributed by atoms with Gasteiger partial charge in [0.15, 0.2) is 0 Å². The Balaban J connectivity index is 2.11. The number of sulfonamides is 1. The van der Waals surface area contributed by atoms with Gasteiger partial charge in [0.25, 0.3) is 0 Å². The number of rotatable bonds is 5. The van der Waals surface area contributed by atoms with Crippen LogP contribution in [0.25, 0.3) is 0 Å². The highest BCUT2D eigenvalue weighted by Crippen LogP contribution is 2.13. The van der Waals surface area contributed by atoms with E-state index in [1.165, 1.54) is 12.1 Å². The summed E-state index contributed by atoms with van der Waals surface area (Å²) in [5, 5.41) is 2.64. The number of carbonyl (C=O) groups is 1. The molecule has 21 heavy (non-hydrogen) atoms. The van der Waals surface area contributed by atoms with E-state index in [9.17, 15) is 13.2 Å². The van der Waals surface area contributed by atoms with Crippen molar-refractivity contribution in [3.63, 3.8) is 0 Å².